The van der Waals surface area contributed by atoms with Crippen LogP contribution < -0.4 is 11.0 Å². The van der Waals surface area contributed by atoms with Gasteiger partial charge >= 0.3 is 5.69 Å². The van der Waals surface area contributed by atoms with Gasteiger partial charge < -0.3 is 15.0 Å². The fraction of sp³-hybridized carbons (Fsp3) is 0.355. The summed E-state index contributed by atoms with van der Waals surface area (Å²) in [5.41, 5.74) is 4.05. The molecule has 4 heterocycles. The third-order valence-corrected chi connectivity index (χ3v) is 8.35. The molecule has 9 nitrogen and oxygen atoms in total. The van der Waals surface area contributed by atoms with E-state index in [2.05, 4.69) is 15.5 Å². The molecule has 2 saturated carbocycles. The van der Waals surface area contributed by atoms with E-state index in [1.165, 1.54) is 12.1 Å². The number of rotatable bonds is 8. The smallest absolute Gasteiger partial charge is 0.338 e. The van der Waals surface area contributed by atoms with E-state index in [-0.39, 0.29) is 11.5 Å². The van der Waals surface area contributed by atoms with E-state index in [4.69, 9.17) is 4.98 Å². The quantitative estimate of drug-likeness (QED) is 0.296. The first kappa shape index (κ1) is 25.8. The van der Waals surface area contributed by atoms with Crippen molar-refractivity contribution in [2.75, 3.05) is 6.54 Å². The van der Waals surface area contributed by atoms with E-state index in [9.17, 15) is 14.3 Å². The molecule has 0 amide bonds. The number of aromatic nitrogens is 6. The predicted molar refractivity (Wildman–Crippen MR) is 153 cm³/mol. The van der Waals surface area contributed by atoms with E-state index >= 15 is 0 Å². The topological polar surface area (TPSA) is 102 Å². The Morgan fingerprint density at radius 1 is 1.07 bits per heavy atom. The van der Waals surface area contributed by atoms with Crippen molar-refractivity contribution >= 4 is 5.52 Å². The molecule has 0 atom stereocenters. The molecule has 0 bridgehead atoms. The van der Waals surface area contributed by atoms with Crippen LogP contribution >= 0.6 is 0 Å². The average molecular weight is 554 g/mol. The maximum Gasteiger partial charge on any atom is 0.338 e. The van der Waals surface area contributed by atoms with E-state index < -0.39 is 5.60 Å². The molecule has 0 unspecified atom stereocenters. The van der Waals surface area contributed by atoms with Crippen LogP contribution in [0.5, 0.6) is 0 Å². The average Bonchev–Trinajstić information content (AvgIpc) is 3.46. The molecule has 0 aliphatic heterocycles. The summed E-state index contributed by atoms with van der Waals surface area (Å²) < 4.78 is 19.4. The van der Waals surface area contributed by atoms with Gasteiger partial charge in [0.1, 0.15) is 18.0 Å². The number of aliphatic hydroxyl groups is 1. The Kier molecular flexibility index (Phi) is 6.32. The Bertz CT molecular complexity index is 1810. The molecule has 210 valence electrons. The lowest BCUT2D eigenvalue weighted by molar-refractivity contribution is 0.0475. The van der Waals surface area contributed by atoms with Crippen LogP contribution in [-0.2, 0) is 13.6 Å². The van der Waals surface area contributed by atoms with Crippen LogP contribution in [-0.4, -0.2) is 46.0 Å². The summed E-state index contributed by atoms with van der Waals surface area (Å²) in [6.45, 7) is 1.10. The molecule has 0 saturated heterocycles. The van der Waals surface area contributed by atoms with Crippen LogP contribution in [0.2, 0.25) is 0 Å². The predicted octanol–water partition coefficient (Wildman–Crippen LogP) is 4.36. The molecule has 10 heteroatoms. The van der Waals surface area contributed by atoms with Gasteiger partial charge in [-0.1, -0.05) is 25.0 Å². The third-order valence-electron chi connectivity index (χ3n) is 8.35. The number of hydrogen-bond donors (Lipinski definition) is 2. The fourth-order valence-corrected chi connectivity index (χ4v) is 5.93. The van der Waals surface area contributed by atoms with Crippen LogP contribution in [0.4, 0.5) is 4.39 Å². The molecule has 41 heavy (non-hydrogen) atoms. The van der Waals surface area contributed by atoms with Crippen LogP contribution in [0.25, 0.3) is 33.8 Å². The molecule has 2 fully saturated rings. The van der Waals surface area contributed by atoms with Crippen LogP contribution in [0, 0.1) is 5.82 Å². The Labute approximate surface area is 236 Å². The summed E-state index contributed by atoms with van der Waals surface area (Å²) in [6, 6.07) is 12.5. The Morgan fingerprint density at radius 3 is 2.66 bits per heavy atom. The van der Waals surface area contributed by atoms with E-state index in [0.717, 1.165) is 66.4 Å². The van der Waals surface area contributed by atoms with Crippen molar-refractivity contribution in [2.24, 2.45) is 7.05 Å². The number of nitrogens with zero attached hydrogens (tertiary/aromatic N) is 6. The van der Waals surface area contributed by atoms with Gasteiger partial charge in [0.2, 0.25) is 0 Å². The summed E-state index contributed by atoms with van der Waals surface area (Å²) in [4.78, 5) is 18.6. The lowest BCUT2D eigenvalue weighted by atomic mass is 9.98. The number of aryl methyl sites for hydroxylation is 1. The number of hydrogen-bond acceptors (Lipinski definition) is 6. The van der Waals surface area contributed by atoms with Crippen molar-refractivity contribution in [1.29, 1.82) is 0 Å². The third kappa shape index (κ3) is 4.98. The number of fused-ring (bicyclic) bond motifs is 1. The molecule has 2 aliphatic rings. The lowest BCUT2D eigenvalue weighted by Crippen LogP contribution is -2.37. The minimum Gasteiger partial charge on any atom is -0.389 e. The van der Waals surface area contributed by atoms with Crippen molar-refractivity contribution in [2.45, 2.75) is 56.6 Å². The zero-order chi connectivity index (χ0) is 28.1. The van der Waals surface area contributed by atoms with Gasteiger partial charge in [0.05, 0.1) is 11.1 Å². The van der Waals surface area contributed by atoms with Crippen molar-refractivity contribution in [3.05, 3.63) is 88.7 Å². The van der Waals surface area contributed by atoms with Gasteiger partial charge in [-0.2, -0.15) is 0 Å². The first-order valence-corrected chi connectivity index (χ1v) is 14.2. The zero-order valence-corrected chi connectivity index (χ0v) is 22.9. The number of benzene rings is 1. The lowest BCUT2D eigenvalue weighted by Gasteiger charge is -2.22. The minimum absolute atomic E-state index is 0.213. The van der Waals surface area contributed by atoms with Gasteiger partial charge in [0.25, 0.3) is 0 Å². The number of pyridine rings is 2. The SMILES string of the molecule is Cn1cnnc1-c1cc(F)ccc1-c1cc(C2CC2)nc(-n2cc3ccc(CNCC4(O)CCCC4)cn3c2=O)c1. The zero-order valence-electron chi connectivity index (χ0n) is 22.9. The highest BCUT2D eigenvalue weighted by atomic mass is 19.1. The molecule has 0 spiro atoms. The highest BCUT2D eigenvalue weighted by Gasteiger charge is 2.30. The van der Waals surface area contributed by atoms with Crippen molar-refractivity contribution in [3.63, 3.8) is 0 Å². The second kappa shape index (κ2) is 10.0. The molecular weight excluding hydrogens is 521 g/mol. The van der Waals surface area contributed by atoms with Crippen LogP contribution in [0.3, 0.4) is 0 Å². The molecule has 2 N–H and O–H groups in total. The first-order chi connectivity index (χ1) is 19.9. The van der Waals surface area contributed by atoms with Gasteiger partial charge in [-0.25, -0.2) is 14.2 Å². The standard InChI is InChI=1S/C31H32FN7O2/c1-37-19-34-36-29(37)26-14-23(32)7-9-25(26)22-12-27(21-5-6-21)35-28(13-22)39-17-24-8-4-20(16-38(24)30(39)40)15-33-18-31(41)10-2-3-11-31/h4,7-9,12-14,16-17,19,21,33,41H,2-3,5-6,10-11,15,18H2,1H3. The molecule has 5 aromatic rings. The second-order valence-electron chi connectivity index (χ2n) is 11.5. The van der Waals surface area contributed by atoms with Crippen molar-refractivity contribution in [3.8, 4) is 28.3 Å². The Morgan fingerprint density at radius 2 is 1.90 bits per heavy atom. The summed E-state index contributed by atoms with van der Waals surface area (Å²) in [7, 11) is 1.82. The molecule has 0 radical (unpaired) electrons. The van der Waals surface area contributed by atoms with E-state index in [1.54, 1.807) is 32.1 Å². The number of nitrogens with one attached hydrogen (secondary N) is 1. The van der Waals surface area contributed by atoms with Gasteiger partial charge in [0.15, 0.2) is 5.82 Å². The van der Waals surface area contributed by atoms with Crippen molar-refractivity contribution < 1.29 is 9.50 Å². The summed E-state index contributed by atoms with van der Waals surface area (Å²) in [5.74, 6) is 1.06. The first-order valence-electron chi connectivity index (χ1n) is 14.2. The van der Waals surface area contributed by atoms with Gasteiger partial charge in [-0.05, 0) is 72.7 Å². The normalized spacial score (nSPS) is 16.6. The molecule has 4 aromatic heterocycles. The highest BCUT2D eigenvalue weighted by molar-refractivity contribution is 5.81. The summed E-state index contributed by atoms with van der Waals surface area (Å²) in [5, 5.41) is 22.2. The number of halogens is 1. The summed E-state index contributed by atoms with van der Waals surface area (Å²) in [6.07, 6.45) is 11.1. The monoisotopic (exact) mass is 553 g/mol. The van der Waals surface area contributed by atoms with Gasteiger partial charge in [-0.3, -0.25) is 8.97 Å². The number of imidazole rings is 1. The summed E-state index contributed by atoms with van der Waals surface area (Å²) >= 11 is 0. The van der Waals surface area contributed by atoms with E-state index in [0.29, 0.717) is 36.2 Å². The fourth-order valence-electron chi connectivity index (χ4n) is 5.93. The van der Waals surface area contributed by atoms with Gasteiger partial charge in [0, 0.05) is 49.7 Å². The molecule has 7 rings (SSSR count). The maximum atomic E-state index is 14.4. The Hall–Kier alpha value is -4.15. The highest BCUT2D eigenvalue weighted by Crippen LogP contribution is 2.41. The minimum atomic E-state index is -0.628. The van der Waals surface area contributed by atoms with E-state index in [1.807, 2.05) is 37.5 Å². The molecule has 2 aliphatic carbocycles. The second-order valence-corrected chi connectivity index (χ2v) is 11.5. The maximum absolute atomic E-state index is 14.4. The molecular formula is C31H32FN7O2. The Balaban J connectivity index is 1.26. The van der Waals surface area contributed by atoms with Crippen LogP contribution in [0.1, 0.15) is 55.7 Å². The van der Waals surface area contributed by atoms with Gasteiger partial charge in [-0.15, -0.1) is 10.2 Å². The van der Waals surface area contributed by atoms with Crippen LogP contribution in [0.15, 0.2) is 66.0 Å². The largest absolute Gasteiger partial charge is 0.389 e. The van der Waals surface area contributed by atoms with Crippen molar-refractivity contribution in [1.82, 2.24) is 34.0 Å². The molecule has 1 aromatic carbocycles.